The Morgan fingerprint density at radius 2 is 1.44 bits per heavy atom. The van der Waals surface area contributed by atoms with Crippen molar-refractivity contribution in [1.29, 1.82) is 0 Å². The summed E-state index contributed by atoms with van der Waals surface area (Å²) in [5, 5.41) is 6.72. The van der Waals surface area contributed by atoms with E-state index in [0.717, 1.165) is 38.1 Å². The molecular weight excluding hydrogens is 564 g/mol. The number of hydrogen-bond donors (Lipinski definition) is 1. The number of aromatic nitrogens is 3. The third-order valence-electron chi connectivity index (χ3n) is 5.99. The second kappa shape index (κ2) is 10.6. The van der Waals surface area contributed by atoms with Gasteiger partial charge in [0.25, 0.3) is 5.91 Å². The van der Waals surface area contributed by atoms with E-state index < -0.39 is 52.7 Å². The van der Waals surface area contributed by atoms with Crippen molar-refractivity contribution >= 4 is 35.1 Å². The van der Waals surface area contributed by atoms with Crippen LogP contribution < -0.4 is 19.7 Å². The largest absolute Gasteiger partial charge is 0.491 e. The van der Waals surface area contributed by atoms with E-state index in [4.69, 9.17) is 0 Å². The monoisotopic (exact) mass is 587 g/mol. The van der Waals surface area contributed by atoms with Crippen LogP contribution in [-0.4, -0.2) is 57.9 Å². The van der Waals surface area contributed by atoms with E-state index >= 15 is 0 Å². The van der Waals surface area contributed by atoms with Gasteiger partial charge in [0.2, 0.25) is 0 Å². The van der Waals surface area contributed by atoms with Crippen LogP contribution in [0.5, 0.6) is 11.5 Å². The number of rotatable bonds is 5. The smallest absolute Gasteiger partial charge is 0.416 e. The Morgan fingerprint density at radius 1 is 0.854 bits per heavy atom. The molecule has 0 radical (unpaired) electrons. The number of carbonyl (C=O) groups excluding carboxylic acids is 3. The maximum absolute atomic E-state index is 13.2. The quantitative estimate of drug-likeness (QED) is 0.257. The maximum atomic E-state index is 13.2. The summed E-state index contributed by atoms with van der Waals surface area (Å²) < 4.78 is 88.6. The minimum Gasteiger partial charge on any atom is -0.416 e. The van der Waals surface area contributed by atoms with Crippen LogP contribution in [0.1, 0.15) is 49.5 Å². The van der Waals surface area contributed by atoms with E-state index in [1.807, 2.05) is 4.90 Å². The predicted octanol–water partition coefficient (Wildman–Crippen LogP) is 4.81. The van der Waals surface area contributed by atoms with Gasteiger partial charge in [0.05, 0.1) is 11.8 Å². The first kappa shape index (κ1) is 29.6. The number of nitrogens with one attached hydrogen (secondary N) is 1. The molecule has 1 N–H and O–H groups in total. The van der Waals surface area contributed by atoms with Gasteiger partial charge in [0.1, 0.15) is 5.82 Å². The summed E-state index contributed by atoms with van der Waals surface area (Å²) in [5.41, 5.74) is -1.92. The van der Waals surface area contributed by atoms with Crippen molar-refractivity contribution in [3.8, 4) is 11.5 Å². The third kappa shape index (κ3) is 6.52. The van der Waals surface area contributed by atoms with E-state index in [2.05, 4.69) is 24.9 Å². The summed E-state index contributed by atoms with van der Waals surface area (Å²) in [7, 11) is 0. The maximum Gasteiger partial charge on any atom is 0.491 e. The number of carbonyl (C=O) groups is 3. The van der Waals surface area contributed by atoms with Crippen LogP contribution in [0.25, 0.3) is 5.65 Å². The third-order valence-corrected chi connectivity index (χ3v) is 5.99. The van der Waals surface area contributed by atoms with Gasteiger partial charge >= 0.3 is 24.3 Å². The molecule has 41 heavy (non-hydrogen) atoms. The Hall–Kier alpha value is -4.37. The number of imidazole rings is 1. The zero-order chi connectivity index (χ0) is 30.3. The number of hydrogen-bond acceptors (Lipinski definition) is 8. The number of benzene rings is 1. The van der Waals surface area contributed by atoms with Crippen molar-refractivity contribution < 1.29 is 50.2 Å². The molecule has 3 heterocycles. The van der Waals surface area contributed by atoms with Crippen molar-refractivity contribution in [3.63, 3.8) is 0 Å². The van der Waals surface area contributed by atoms with Crippen molar-refractivity contribution in [3.05, 3.63) is 41.6 Å². The number of anilines is 2. The fourth-order valence-corrected chi connectivity index (χ4v) is 4.07. The lowest BCUT2D eigenvalue weighted by Crippen LogP contribution is -2.32. The molecule has 0 spiro atoms. The van der Waals surface area contributed by atoms with Gasteiger partial charge in [-0.25, -0.2) is 19.1 Å². The van der Waals surface area contributed by atoms with Crippen molar-refractivity contribution in [2.75, 3.05) is 23.3 Å². The Bertz CT molecular complexity index is 1500. The molecule has 1 aliphatic rings. The normalized spacial score (nSPS) is 14.3. The second-order valence-electron chi connectivity index (χ2n) is 10.1. The van der Waals surface area contributed by atoms with Crippen molar-refractivity contribution in [1.82, 2.24) is 14.6 Å². The van der Waals surface area contributed by atoms with E-state index in [0.29, 0.717) is 11.5 Å². The zero-order valence-corrected chi connectivity index (χ0v) is 21.8. The summed E-state index contributed by atoms with van der Waals surface area (Å²) >= 11 is 0. The van der Waals surface area contributed by atoms with Gasteiger partial charge in [0.15, 0.2) is 23.0 Å². The second-order valence-corrected chi connectivity index (χ2v) is 10.1. The lowest BCUT2D eigenvalue weighted by atomic mass is 9.85. The highest BCUT2D eigenvalue weighted by molar-refractivity contribution is 6.07. The molecule has 10 nitrogen and oxygen atoms in total. The fourth-order valence-electron chi connectivity index (χ4n) is 4.07. The fraction of sp³-hybridized carbons (Fsp3) is 0.400. The first-order valence-corrected chi connectivity index (χ1v) is 12.1. The van der Waals surface area contributed by atoms with Gasteiger partial charge in [-0.3, -0.25) is 4.79 Å². The Labute approximate surface area is 228 Å². The minimum absolute atomic E-state index is 0.122. The Balaban J connectivity index is 1.76. The van der Waals surface area contributed by atoms with Gasteiger partial charge in [0, 0.05) is 18.7 Å². The van der Waals surface area contributed by atoms with E-state index in [1.165, 1.54) is 31.5 Å². The summed E-state index contributed by atoms with van der Waals surface area (Å²) in [4.78, 5) is 42.9. The van der Waals surface area contributed by atoms with E-state index in [-0.39, 0.29) is 11.4 Å². The molecule has 220 valence electrons. The van der Waals surface area contributed by atoms with Gasteiger partial charge in [-0.05, 0) is 36.5 Å². The SMILES string of the molecule is CC(C)(C)c1ccc(C(=O)Nc2cn3nc(N4CCCC4)ccc3n2)c(OC(=O)C(F)(F)F)c1OC(=O)C(F)(F)F. The average molecular weight is 587 g/mol. The van der Waals surface area contributed by atoms with E-state index in [9.17, 15) is 40.7 Å². The standard InChI is InChI=1S/C25H23F6N5O5/c1-23(2,3)14-7-6-13(18(40-21(38)24(26,27)28)19(14)41-22(39)25(29,30)31)20(37)33-15-12-36-16(32-15)8-9-17(34-36)35-10-4-5-11-35/h6-9,12H,4-5,10-11H2,1-3H3,(H,33,37). The highest BCUT2D eigenvalue weighted by Gasteiger charge is 2.45. The molecule has 1 fully saturated rings. The number of nitrogens with zero attached hydrogens (tertiary/aromatic N) is 4. The molecule has 1 aromatic carbocycles. The molecule has 2 aromatic heterocycles. The van der Waals surface area contributed by atoms with Crippen LogP contribution in [0.2, 0.25) is 0 Å². The number of esters is 2. The molecule has 1 saturated heterocycles. The van der Waals surface area contributed by atoms with Crippen LogP contribution in [-0.2, 0) is 15.0 Å². The highest BCUT2D eigenvalue weighted by atomic mass is 19.4. The lowest BCUT2D eigenvalue weighted by molar-refractivity contribution is -0.191. The van der Waals surface area contributed by atoms with Crippen LogP contribution >= 0.6 is 0 Å². The van der Waals surface area contributed by atoms with Crippen LogP contribution in [0, 0.1) is 0 Å². The van der Waals surface area contributed by atoms with Gasteiger partial charge in [-0.2, -0.15) is 26.3 Å². The highest BCUT2D eigenvalue weighted by Crippen LogP contribution is 2.43. The molecule has 16 heteroatoms. The molecule has 1 aliphatic heterocycles. The topological polar surface area (TPSA) is 115 Å². The number of ether oxygens (including phenoxy) is 2. The minimum atomic E-state index is -5.60. The summed E-state index contributed by atoms with van der Waals surface area (Å²) in [6.07, 6.45) is -7.85. The first-order chi connectivity index (χ1) is 18.9. The number of halogens is 6. The molecule has 0 unspecified atom stereocenters. The number of alkyl halides is 6. The Kier molecular flexibility index (Phi) is 7.62. The molecule has 0 atom stereocenters. The summed E-state index contributed by atoms with van der Waals surface area (Å²) in [6, 6.07) is 5.35. The number of amides is 1. The molecule has 4 rings (SSSR count). The zero-order valence-electron chi connectivity index (χ0n) is 21.8. The van der Waals surface area contributed by atoms with Crippen molar-refractivity contribution in [2.45, 2.75) is 51.4 Å². The molecule has 0 saturated carbocycles. The Morgan fingerprint density at radius 3 is 2.00 bits per heavy atom. The molecule has 0 aliphatic carbocycles. The molecule has 0 bridgehead atoms. The van der Waals surface area contributed by atoms with Crippen LogP contribution in [0.15, 0.2) is 30.5 Å². The van der Waals surface area contributed by atoms with Gasteiger partial charge in [-0.1, -0.05) is 26.8 Å². The molecular formula is C25H23F6N5O5. The number of fused-ring (bicyclic) bond motifs is 1. The summed E-state index contributed by atoms with van der Waals surface area (Å²) in [6.45, 7) is 5.96. The average Bonchev–Trinajstić information content (AvgIpc) is 3.52. The molecule has 1 amide bonds. The lowest BCUT2D eigenvalue weighted by Gasteiger charge is -2.25. The summed E-state index contributed by atoms with van der Waals surface area (Å²) in [5.74, 6) is -8.84. The first-order valence-electron chi connectivity index (χ1n) is 12.1. The van der Waals surface area contributed by atoms with Crippen molar-refractivity contribution in [2.24, 2.45) is 0 Å². The van der Waals surface area contributed by atoms with Gasteiger partial charge in [-0.15, -0.1) is 5.10 Å². The molecule has 3 aromatic rings. The van der Waals surface area contributed by atoms with Gasteiger partial charge < -0.3 is 19.7 Å². The van der Waals surface area contributed by atoms with E-state index in [1.54, 1.807) is 12.1 Å². The van der Waals surface area contributed by atoms with Crippen LogP contribution in [0.3, 0.4) is 0 Å². The van der Waals surface area contributed by atoms with Crippen LogP contribution in [0.4, 0.5) is 38.0 Å². The predicted molar refractivity (Wildman–Crippen MR) is 131 cm³/mol.